The molecular formula is C21H20ClN3O4S. The van der Waals surface area contributed by atoms with Crippen LogP contribution in [-0.2, 0) is 5.54 Å². The number of rotatable bonds is 5. The van der Waals surface area contributed by atoms with Crippen molar-refractivity contribution in [3.05, 3.63) is 74.9 Å². The molecule has 0 radical (unpaired) electrons. The second kappa shape index (κ2) is 8.49. The Morgan fingerprint density at radius 2 is 1.90 bits per heavy atom. The van der Waals surface area contributed by atoms with Crippen molar-refractivity contribution in [1.82, 2.24) is 9.78 Å². The Hall–Kier alpha value is -2.84. The molecule has 0 aliphatic heterocycles. The van der Waals surface area contributed by atoms with Crippen LogP contribution in [0.3, 0.4) is 0 Å². The van der Waals surface area contributed by atoms with Gasteiger partial charge in [0.1, 0.15) is 0 Å². The average Bonchev–Trinajstić information content (AvgIpc) is 2.98. The van der Waals surface area contributed by atoms with Crippen LogP contribution in [0.5, 0.6) is 5.88 Å². The van der Waals surface area contributed by atoms with Crippen LogP contribution in [-0.4, -0.2) is 20.7 Å². The van der Waals surface area contributed by atoms with Crippen LogP contribution in [0.15, 0.2) is 58.3 Å². The number of hydrogen-bond acceptors (Lipinski definition) is 6. The molecule has 0 fully saturated rings. The number of benzene rings is 2. The van der Waals surface area contributed by atoms with Crippen molar-refractivity contribution in [2.24, 2.45) is 0 Å². The van der Waals surface area contributed by atoms with Gasteiger partial charge in [-0.15, -0.1) is 0 Å². The molecular weight excluding hydrogens is 426 g/mol. The molecule has 0 aliphatic carbocycles. The van der Waals surface area contributed by atoms with Crippen molar-refractivity contribution in [2.45, 2.75) is 43.0 Å². The Morgan fingerprint density at radius 3 is 2.53 bits per heavy atom. The van der Waals surface area contributed by atoms with Crippen LogP contribution < -0.4 is 4.74 Å². The van der Waals surface area contributed by atoms with Gasteiger partial charge in [-0.05, 0) is 52.0 Å². The number of carbonyl (C=O) groups is 1. The summed E-state index contributed by atoms with van der Waals surface area (Å²) in [6, 6.07) is 12.9. The van der Waals surface area contributed by atoms with Gasteiger partial charge in [0.05, 0.1) is 31.5 Å². The fourth-order valence-corrected chi connectivity index (χ4v) is 3.93. The highest BCUT2D eigenvalue weighted by atomic mass is 35.5. The standard InChI is InChI=1S/C21H20ClN3O4S/c1-13-18(30-17-11-6-5-10-16(17)25(27)28)19(24(23-13)21(2,3)4)29-20(26)14-8-7-9-15(22)12-14/h5-12H,1-4H3. The zero-order chi connectivity index (χ0) is 22.1. The fourth-order valence-electron chi connectivity index (χ4n) is 2.72. The maximum absolute atomic E-state index is 12.8. The molecule has 30 heavy (non-hydrogen) atoms. The molecule has 156 valence electrons. The second-order valence-corrected chi connectivity index (χ2v) is 9.02. The lowest BCUT2D eigenvalue weighted by atomic mass is 10.1. The van der Waals surface area contributed by atoms with E-state index in [1.165, 1.54) is 12.1 Å². The molecule has 3 rings (SSSR count). The van der Waals surface area contributed by atoms with Crippen LogP contribution in [0.25, 0.3) is 0 Å². The first-order valence-corrected chi connectivity index (χ1v) is 10.3. The Kier molecular flexibility index (Phi) is 6.19. The van der Waals surface area contributed by atoms with Gasteiger partial charge in [0.25, 0.3) is 5.69 Å². The molecule has 0 aliphatic rings. The van der Waals surface area contributed by atoms with Gasteiger partial charge in [0.15, 0.2) is 0 Å². The minimum atomic E-state index is -0.590. The van der Waals surface area contributed by atoms with E-state index >= 15 is 0 Å². The van der Waals surface area contributed by atoms with Crippen molar-refractivity contribution in [2.75, 3.05) is 0 Å². The number of carbonyl (C=O) groups excluding carboxylic acids is 1. The third-order valence-corrected chi connectivity index (χ3v) is 5.60. The van der Waals surface area contributed by atoms with E-state index in [9.17, 15) is 14.9 Å². The summed E-state index contributed by atoms with van der Waals surface area (Å²) in [5.41, 5.74) is 0.374. The Balaban J connectivity index is 2.07. The topological polar surface area (TPSA) is 87.3 Å². The quantitative estimate of drug-likeness (QED) is 0.277. The van der Waals surface area contributed by atoms with Crippen molar-refractivity contribution in [3.63, 3.8) is 0 Å². The molecule has 0 saturated heterocycles. The van der Waals surface area contributed by atoms with Crippen LogP contribution in [0.4, 0.5) is 5.69 Å². The van der Waals surface area contributed by atoms with Gasteiger partial charge < -0.3 is 4.74 Å². The summed E-state index contributed by atoms with van der Waals surface area (Å²) < 4.78 is 7.36. The summed E-state index contributed by atoms with van der Waals surface area (Å²) in [6.45, 7) is 7.55. The molecule has 0 unspecified atom stereocenters. The summed E-state index contributed by atoms with van der Waals surface area (Å²) >= 11 is 7.14. The molecule has 0 atom stereocenters. The molecule has 3 aromatic rings. The zero-order valence-electron chi connectivity index (χ0n) is 16.9. The molecule has 0 bridgehead atoms. The summed E-state index contributed by atoms with van der Waals surface area (Å²) in [5.74, 6) is -0.361. The predicted octanol–water partition coefficient (Wildman–Crippen LogP) is 5.88. The number of ether oxygens (including phenoxy) is 1. The van der Waals surface area contributed by atoms with Gasteiger partial charge in [-0.25, -0.2) is 9.48 Å². The third kappa shape index (κ3) is 4.66. The maximum atomic E-state index is 12.8. The van der Waals surface area contributed by atoms with Crippen LogP contribution >= 0.6 is 23.4 Å². The van der Waals surface area contributed by atoms with Crippen molar-refractivity contribution in [1.29, 1.82) is 0 Å². The molecule has 0 spiro atoms. The maximum Gasteiger partial charge on any atom is 0.344 e. The van der Waals surface area contributed by atoms with Gasteiger partial charge in [-0.1, -0.05) is 41.6 Å². The first-order valence-electron chi connectivity index (χ1n) is 9.07. The number of para-hydroxylation sites is 1. The summed E-state index contributed by atoms with van der Waals surface area (Å²) in [6.07, 6.45) is 0. The van der Waals surface area contributed by atoms with Crippen LogP contribution in [0.2, 0.25) is 5.02 Å². The largest absolute Gasteiger partial charge is 0.403 e. The summed E-state index contributed by atoms with van der Waals surface area (Å²) in [5, 5.41) is 16.4. The van der Waals surface area contributed by atoms with E-state index in [0.29, 0.717) is 26.1 Å². The lowest BCUT2D eigenvalue weighted by Crippen LogP contribution is -2.25. The Bertz CT molecular complexity index is 1120. The van der Waals surface area contributed by atoms with E-state index in [2.05, 4.69) is 5.10 Å². The number of aromatic nitrogens is 2. The van der Waals surface area contributed by atoms with E-state index < -0.39 is 16.4 Å². The SMILES string of the molecule is Cc1nn(C(C)(C)C)c(OC(=O)c2cccc(Cl)c2)c1Sc1ccccc1[N+](=O)[O-]. The van der Waals surface area contributed by atoms with E-state index in [1.807, 2.05) is 20.8 Å². The number of nitro groups is 1. The molecule has 1 aromatic heterocycles. The zero-order valence-corrected chi connectivity index (χ0v) is 18.5. The van der Waals surface area contributed by atoms with Gasteiger partial charge in [0.2, 0.25) is 5.88 Å². The van der Waals surface area contributed by atoms with E-state index in [-0.39, 0.29) is 11.6 Å². The molecule has 2 aromatic carbocycles. The Labute approximate surface area is 183 Å². The van der Waals surface area contributed by atoms with E-state index in [4.69, 9.17) is 16.3 Å². The number of esters is 1. The van der Waals surface area contributed by atoms with Crippen LogP contribution in [0, 0.1) is 17.0 Å². The normalized spacial score (nSPS) is 11.4. The number of hydrogen-bond donors (Lipinski definition) is 0. The average molecular weight is 446 g/mol. The predicted molar refractivity (Wildman–Crippen MR) is 116 cm³/mol. The number of nitro benzene ring substituents is 1. The van der Waals surface area contributed by atoms with Gasteiger partial charge in [-0.2, -0.15) is 5.10 Å². The number of aryl methyl sites for hydroxylation is 1. The highest BCUT2D eigenvalue weighted by Gasteiger charge is 2.29. The fraction of sp³-hybridized carbons (Fsp3) is 0.238. The molecule has 0 amide bonds. The molecule has 0 N–H and O–H groups in total. The van der Waals surface area contributed by atoms with Crippen molar-refractivity contribution in [3.8, 4) is 5.88 Å². The summed E-state index contributed by atoms with van der Waals surface area (Å²) in [4.78, 5) is 24.7. The highest BCUT2D eigenvalue weighted by molar-refractivity contribution is 7.99. The minimum Gasteiger partial charge on any atom is -0.403 e. The lowest BCUT2D eigenvalue weighted by Gasteiger charge is -2.22. The van der Waals surface area contributed by atoms with Gasteiger partial charge >= 0.3 is 5.97 Å². The minimum absolute atomic E-state index is 0.0301. The second-order valence-electron chi connectivity index (χ2n) is 7.53. The lowest BCUT2D eigenvalue weighted by molar-refractivity contribution is -0.387. The first kappa shape index (κ1) is 21.9. The number of nitrogens with zero attached hydrogens (tertiary/aromatic N) is 3. The van der Waals surface area contributed by atoms with Crippen molar-refractivity contribution < 1.29 is 14.5 Å². The Morgan fingerprint density at radius 1 is 1.20 bits per heavy atom. The first-order chi connectivity index (χ1) is 14.1. The van der Waals surface area contributed by atoms with E-state index in [1.54, 1.807) is 48.0 Å². The monoisotopic (exact) mass is 445 g/mol. The highest BCUT2D eigenvalue weighted by Crippen LogP contribution is 2.43. The smallest absolute Gasteiger partial charge is 0.344 e. The molecule has 0 saturated carbocycles. The summed E-state index contributed by atoms with van der Waals surface area (Å²) in [7, 11) is 0. The van der Waals surface area contributed by atoms with Gasteiger partial charge in [-0.3, -0.25) is 10.1 Å². The third-order valence-electron chi connectivity index (χ3n) is 4.12. The molecule has 1 heterocycles. The number of halogens is 1. The molecule has 9 heteroatoms. The van der Waals surface area contributed by atoms with Gasteiger partial charge in [0, 0.05) is 11.1 Å². The van der Waals surface area contributed by atoms with E-state index in [0.717, 1.165) is 11.8 Å². The van der Waals surface area contributed by atoms with Crippen molar-refractivity contribution >= 4 is 35.0 Å². The molecule has 7 nitrogen and oxygen atoms in total. The van der Waals surface area contributed by atoms with Crippen LogP contribution in [0.1, 0.15) is 36.8 Å².